The maximum Gasteiger partial charge on any atom is 0.122 e. The number of allylic oxidation sites excluding steroid dienone is 2. The van der Waals surface area contributed by atoms with Crippen LogP contribution in [0.3, 0.4) is 0 Å². The smallest absolute Gasteiger partial charge is 0.122 e. The van der Waals surface area contributed by atoms with Crippen molar-refractivity contribution in [1.29, 1.82) is 10.5 Å². The lowest BCUT2D eigenvalue weighted by Crippen LogP contribution is -1.97. The van der Waals surface area contributed by atoms with Crippen LogP contribution >= 0.6 is 11.3 Å². The van der Waals surface area contributed by atoms with E-state index in [-0.39, 0.29) is 0 Å². The molecule has 3 heterocycles. The molecule has 0 saturated heterocycles. The molecule has 0 aliphatic heterocycles. The zero-order valence-corrected chi connectivity index (χ0v) is 20.4. The number of nitrogens with zero attached hydrogens (tertiary/aromatic N) is 4. The molecule has 0 aliphatic carbocycles. The van der Waals surface area contributed by atoms with Crippen molar-refractivity contribution in [1.82, 2.24) is 9.13 Å². The minimum Gasteiger partial charge on any atom is -0.304 e. The van der Waals surface area contributed by atoms with Gasteiger partial charge in [0.05, 0.1) is 16.6 Å². The summed E-state index contributed by atoms with van der Waals surface area (Å²) in [5.41, 5.74) is 5.87. The lowest BCUT2D eigenvalue weighted by atomic mass is 10.1. The van der Waals surface area contributed by atoms with Crippen molar-refractivity contribution in [2.45, 2.75) is 6.92 Å². The Kier molecular flexibility index (Phi) is 5.08. The molecular formula is C31H20N4S. The summed E-state index contributed by atoms with van der Waals surface area (Å²) in [5, 5.41) is 25.4. The van der Waals surface area contributed by atoms with Crippen LogP contribution in [0.5, 0.6) is 0 Å². The van der Waals surface area contributed by atoms with Crippen LogP contribution in [-0.4, -0.2) is 9.13 Å². The zero-order chi connectivity index (χ0) is 24.8. The van der Waals surface area contributed by atoms with E-state index in [0.717, 1.165) is 54.0 Å². The van der Waals surface area contributed by atoms with E-state index in [1.807, 2.05) is 48.6 Å². The Hall–Kier alpha value is -4.84. The van der Waals surface area contributed by atoms with Gasteiger partial charge in [0.2, 0.25) is 0 Å². The summed E-state index contributed by atoms with van der Waals surface area (Å²) < 4.78 is 4.23. The van der Waals surface area contributed by atoms with Crippen molar-refractivity contribution >= 4 is 50.1 Å². The summed E-state index contributed by atoms with van der Waals surface area (Å²) in [6.07, 6.45) is 5.72. The number of benzene rings is 3. The van der Waals surface area contributed by atoms with Gasteiger partial charge in [0.15, 0.2) is 0 Å². The number of hydrogen-bond donors (Lipinski definition) is 0. The average molecular weight is 481 g/mol. The molecule has 6 aromatic rings. The Morgan fingerprint density at radius 3 is 1.72 bits per heavy atom. The van der Waals surface area contributed by atoms with E-state index in [9.17, 15) is 10.5 Å². The molecule has 0 amide bonds. The molecule has 6 rings (SSSR count). The lowest BCUT2D eigenvalue weighted by molar-refractivity contribution is 1.07. The van der Waals surface area contributed by atoms with Gasteiger partial charge in [-0.05, 0) is 25.1 Å². The predicted octanol–water partition coefficient (Wildman–Crippen LogP) is 8.04. The lowest BCUT2D eigenvalue weighted by Gasteiger charge is -2.07. The topological polar surface area (TPSA) is 57.4 Å². The van der Waals surface area contributed by atoms with Crippen LogP contribution in [0.15, 0.2) is 91.5 Å². The first kappa shape index (κ1) is 21.7. The van der Waals surface area contributed by atoms with Crippen LogP contribution in [-0.2, 0) is 0 Å². The fourth-order valence-corrected chi connectivity index (χ4v) is 6.40. The van der Waals surface area contributed by atoms with Crippen molar-refractivity contribution in [2.24, 2.45) is 0 Å². The largest absolute Gasteiger partial charge is 0.304 e. The van der Waals surface area contributed by atoms with Gasteiger partial charge in [-0.2, -0.15) is 10.5 Å². The van der Waals surface area contributed by atoms with E-state index < -0.39 is 0 Å². The summed E-state index contributed by atoms with van der Waals surface area (Å²) in [7, 11) is 0. The second-order valence-electron chi connectivity index (χ2n) is 8.50. The van der Waals surface area contributed by atoms with E-state index in [1.54, 1.807) is 6.08 Å². The molecule has 36 heavy (non-hydrogen) atoms. The molecule has 0 fully saturated rings. The third-order valence-corrected chi connectivity index (χ3v) is 7.80. The quantitative estimate of drug-likeness (QED) is 0.240. The van der Waals surface area contributed by atoms with E-state index in [2.05, 4.69) is 71.2 Å². The molecule has 0 spiro atoms. The van der Waals surface area contributed by atoms with Crippen molar-refractivity contribution in [3.63, 3.8) is 0 Å². The fraction of sp³-hybridized carbons (Fsp3) is 0.0323. The van der Waals surface area contributed by atoms with E-state index in [1.165, 1.54) is 11.3 Å². The monoisotopic (exact) mass is 480 g/mol. The normalized spacial score (nSPS) is 11.4. The highest BCUT2D eigenvalue weighted by Gasteiger charge is 2.26. The van der Waals surface area contributed by atoms with Gasteiger partial charge >= 0.3 is 0 Å². The first-order chi connectivity index (χ1) is 17.7. The number of thiophene rings is 1. The number of hydrogen-bond acceptors (Lipinski definition) is 3. The molecular weight excluding hydrogens is 460 g/mol. The van der Waals surface area contributed by atoms with Crippen LogP contribution in [0, 0.1) is 29.6 Å². The molecule has 3 aromatic carbocycles. The van der Waals surface area contributed by atoms with E-state index in [4.69, 9.17) is 0 Å². The van der Waals surface area contributed by atoms with Gasteiger partial charge in [0, 0.05) is 27.4 Å². The van der Waals surface area contributed by atoms with Gasteiger partial charge in [-0.25, -0.2) is 0 Å². The second-order valence-corrected chi connectivity index (χ2v) is 9.48. The third kappa shape index (κ3) is 2.98. The highest BCUT2D eigenvalue weighted by atomic mass is 32.1. The Balaban J connectivity index is 1.74. The molecule has 0 N–H and O–H groups in total. The van der Waals surface area contributed by atoms with Crippen LogP contribution < -0.4 is 0 Å². The van der Waals surface area contributed by atoms with Crippen molar-refractivity contribution in [2.75, 3.05) is 0 Å². The van der Waals surface area contributed by atoms with Gasteiger partial charge < -0.3 is 4.57 Å². The summed E-state index contributed by atoms with van der Waals surface area (Å²) in [4.78, 5) is 0. The average Bonchev–Trinajstić information content (AvgIpc) is 3.53. The van der Waals surface area contributed by atoms with E-state index in [0.29, 0.717) is 11.1 Å². The molecule has 3 aromatic heterocycles. The first-order valence-corrected chi connectivity index (χ1v) is 12.4. The SMILES string of the molecule is C=C/C=C\c1c(C)n(-c2sc(-n3c4ccccc4c4ccccc43)c(C#N)c2C#N)c2ccccc12. The summed E-state index contributed by atoms with van der Waals surface area (Å²) in [6.45, 7) is 5.86. The number of nitriles is 2. The van der Waals surface area contributed by atoms with Crippen LogP contribution in [0.2, 0.25) is 0 Å². The van der Waals surface area contributed by atoms with E-state index >= 15 is 0 Å². The molecule has 0 aliphatic rings. The Labute approximate surface area is 212 Å². The summed E-state index contributed by atoms with van der Waals surface area (Å²) >= 11 is 1.48. The second kappa shape index (κ2) is 8.43. The van der Waals surface area contributed by atoms with Gasteiger partial charge in [-0.15, -0.1) is 0 Å². The molecule has 0 radical (unpaired) electrons. The molecule has 0 saturated carbocycles. The fourth-order valence-electron chi connectivity index (χ4n) is 5.10. The number of aromatic nitrogens is 2. The molecule has 4 nitrogen and oxygen atoms in total. The molecule has 170 valence electrons. The van der Waals surface area contributed by atoms with Gasteiger partial charge in [-0.3, -0.25) is 4.57 Å². The molecule has 0 atom stereocenters. The Morgan fingerprint density at radius 2 is 1.19 bits per heavy atom. The Morgan fingerprint density at radius 1 is 0.722 bits per heavy atom. The molecule has 0 unspecified atom stereocenters. The molecule has 0 bridgehead atoms. The number of fused-ring (bicyclic) bond motifs is 4. The van der Waals surface area contributed by atoms with Crippen LogP contribution in [0.25, 0.3) is 48.8 Å². The zero-order valence-electron chi connectivity index (χ0n) is 19.6. The summed E-state index contributed by atoms with van der Waals surface area (Å²) in [5.74, 6) is 0. The van der Waals surface area contributed by atoms with Crippen molar-refractivity contribution in [3.8, 4) is 22.1 Å². The minimum absolute atomic E-state index is 0.391. The molecule has 5 heteroatoms. The van der Waals surface area contributed by atoms with Gasteiger partial charge in [0.1, 0.15) is 33.3 Å². The van der Waals surface area contributed by atoms with Crippen molar-refractivity contribution < 1.29 is 0 Å². The first-order valence-electron chi connectivity index (χ1n) is 11.5. The third-order valence-electron chi connectivity index (χ3n) is 6.64. The Bertz CT molecular complexity index is 1890. The predicted molar refractivity (Wildman–Crippen MR) is 149 cm³/mol. The minimum atomic E-state index is 0.391. The van der Waals surface area contributed by atoms with Crippen LogP contribution in [0.4, 0.5) is 0 Å². The van der Waals surface area contributed by atoms with Crippen LogP contribution in [0.1, 0.15) is 22.4 Å². The van der Waals surface area contributed by atoms with Gasteiger partial charge in [0.25, 0.3) is 0 Å². The summed E-state index contributed by atoms with van der Waals surface area (Å²) in [6, 6.07) is 29.3. The highest BCUT2D eigenvalue weighted by Crippen LogP contribution is 2.42. The maximum atomic E-state index is 10.3. The number of rotatable bonds is 4. The number of para-hydroxylation sites is 3. The highest BCUT2D eigenvalue weighted by molar-refractivity contribution is 7.17. The van der Waals surface area contributed by atoms with Crippen molar-refractivity contribution in [3.05, 3.63) is 114 Å². The standard InChI is InChI=1S/C31H20N4S/c1-3-4-11-21-20(2)34(27-15-8-5-12-22(21)27)30-25(18-32)26(19-33)31(36-30)35-28-16-9-6-13-23(28)24-14-7-10-17-29(24)35/h3-17H,1H2,2H3/b11-4-. The van der Waals surface area contributed by atoms with Gasteiger partial charge in [-0.1, -0.05) is 90.7 Å². The maximum absolute atomic E-state index is 10.3.